The van der Waals surface area contributed by atoms with E-state index in [1.54, 1.807) is 18.2 Å². The van der Waals surface area contributed by atoms with E-state index in [2.05, 4.69) is 15.3 Å². The fourth-order valence-corrected chi connectivity index (χ4v) is 2.39. The summed E-state index contributed by atoms with van der Waals surface area (Å²) in [6.07, 6.45) is 0. The Balaban J connectivity index is 1.89. The molecule has 0 fully saturated rings. The third-order valence-corrected chi connectivity index (χ3v) is 3.72. The number of nitrogens with one attached hydrogen (secondary N) is 1. The second-order valence-electron chi connectivity index (χ2n) is 5.57. The zero-order chi connectivity index (χ0) is 18.5. The molecule has 3 aromatic rings. The van der Waals surface area contributed by atoms with E-state index in [1.807, 2.05) is 30.3 Å². The molecule has 1 aromatic heterocycles. The van der Waals surface area contributed by atoms with Crippen molar-refractivity contribution in [1.82, 2.24) is 15.3 Å². The molecule has 0 atom stereocenters. The molecule has 6 nitrogen and oxygen atoms in total. The van der Waals surface area contributed by atoms with Crippen molar-refractivity contribution in [3.05, 3.63) is 71.4 Å². The molecule has 0 radical (unpaired) electrons. The van der Waals surface area contributed by atoms with Crippen molar-refractivity contribution in [1.29, 1.82) is 0 Å². The van der Waals surface area contributed by atoms with E-state index in [9.17, 15) is 19.4 Å². The van der Waals surface area contributed by atoms with Gasteiger partial charge in [-0.05, 0) is 17.2 Å². The van der Waals surface area contributed by atoms with Crippen LogP contribution in [0.15, 0.2) is 54.6 Å². The molecular formula is C19H16FN3O3. The average Bonchev–Trinajstić information content (AvgIpc) is 2.69. The van der Waals surface area contributed by atoms with Gasteiger partial charge in [0.2, 0.25) is 5.75 Å². The number of aromatic hydroxyl groups is 2. The fraction of sp³-hybridized carbons (Fsp3) is 0.105. The molecule has 0 aliphatic carbocycles. The van der Waals surface area contributed by atoms with Gasteiger partial charge in [0.1, 0.15) is 6.67 Å². The first-order valence-corrected chi connectivity index (χ1v) is 7.86. The quantitative estimate of drug-likeness (QED) is 0.655. The number of rotatable bonds is 5. The first-order chi connectivity index (χ1) is 12.6. The SMILES string of the molecule is O=C(NCc1ccccc1)c1nc(-c2cccc(CF)c2)nc(O)c1O. The van der Waals surface area contributed by atoms with Gasteiger partial charge in [-0.15, -0.1) is 0 Å². The number of carbonyl (C=O) groups is 1. The number of hydrogen-bond donors (Lipinski definition) is 3. The number of nitrogens with zero attached hydrogens (tertiary/aromatic N) is 2. The summed E-state index contributed by atoms with van der Waals surface area (Å²) in [6, 6.07) is 15.6. The smallest absolute Gasteiger partial charge is 0.274 e. The molecule has 7 heteroatoms. The van der Waals surface area contributed by atoms with Crippen molar-refractivity contribution in [3.8, 4) is 23.0 Å². The van der Waals surface area contributed by atoms with Gasteiger partial charge in [0.25, 0.3) is 11.8 Å². The largest absolute Gasteiger partial charge is 0.501 e. The van der Waals surface area contributed by atoms with Crippen LogP contribution in [0.4, 0.5) is 4.39 Å². The number of alkyl halides is 1. The number of hydrogen-bond acceptors (Lipinski definition) is 5. The van der Waals surface area contributed by atoms with Gasteiger partial charge in [0.15, 0.2) is 11.5 Å². The van der Waals surface area contributed by atoms with Crippen molar-refractivity contribution < 1.29 is 19.4 Å². The third kappa shape index (κ3) is 3.77. The lowest BCUT2D eigenvalue weighted by molar-refractivity contribution is 0.0942. The minimum atomic E-state index is -0.717. The molecule has 0 spiro atoms. The number of benzene rings is 2. The van der Waals surface area contributed by atoms with Gasteiger partial charge in [-0.3, -0.25) is 4.79 Å². The Kier molecular flexibility index (Phi) is 5.07. The van der Waals surface area contributed by atoms with Crippen LogP contribution in [0.25, 0.3) is 11.4 Å². The van der Waals surface area contributed by atoms with Gasteiger partial charge in [-0.25, -0.2) is 9.37 Å². The van der Waals surface area contributed by atoms with Gasteiger partial charge in [0, 0.05) is 12.1 Å². The van der Waals surface area contributed by atoms with Crippen LogP contribution < -0.4 is 5.32 Å². The first kappa shape index (κ1) is 17.3. The zero-order valence-electron chi connectivity index (χ0n) is 13.7. The highest BCUT2D eigenvalue weighted by atomic mass is 19.1. The third-order valence-electron chi connectivity index (χ3n) is 3.72. The Hall–Kier alpha value is -3.48. The first-order valence-electron chi connectivity index (χ1n) is 7.86. The highest BCUT2D eigenvalue weighted by Crippen LogP contribution is 2.29. The van der Waals surface area contributed by atoms with Gasteiger partial charge >= 0.3 is 0 Å². The standard InChI is InChI=1S/C19H16FN3O3/c20-10-13-7-4-8-14(9-13)17-22-15(16(24)19(26)23-17)18(25)21-11-12-5-2-1-3-6-12/h1-9,24H,10-11H2,(H,21,25)(H,22,23,26). The maximum Gasteiger partial charge on any atom is 0.274 e. The maximum atomic E-state index is 12.8. The molecule has 0 aliphatic heterocycles. The summed E-state index contributed by atoms with van der Waals surface area (Å²) in [7, 11) is 0. The molecule has 132 valence electrons. The Bertz CT molecular complexity index is 933. The molecule has 0 aliphatic rings. The van der Waals surface area contributed by atoms with E-state index in [0.717, 1.165) is 5.56 Å². The number of amides is 1. The van der Waals surface area contributed by atoms with Crippen LogP contribution in [0, 0.1) is 0 Å². The van der Waals surface area contributed by atoms with Gasteiger partial charge in [0.05, 0.1) is 0 Å². The monoisotopic (exact) mass is 353 g/mol. The fourth-order valence-electron chi connectivity index (χ4n) is 2.39. The molecule has 3 N–H and O–H groups in total. The Morgan fingerprint density at radius 1 is 1.00 bits per heavy atom. The highest BCUT2D eigenvalue weighted by molar-refractivity contribution is 5.95. The second kappa shape index (κ2) is 7.60. The zero-order valence-corrected chi connectivity index (χ0v) is 13.7. The summed E-state index contributed by atoms with van der Waals surface area (Å²) in [5, 5.41) is 22.4. The van der Waals surface area contributed by atoms with Crippen molar-refractivity contribution in [2.45, 2.75) is 13.2 Å². The lowest BCUT2D eigenvalue weighted by Gasteiger charge is -2.09. The lowest BCUT2D eigenvalue weighted by Crippen LogP contribution is -2.24. The molecule has 1 heterocycles. The van der Waals surface area contributed by atoms with Crippen LogP contribution in [0.3, 0.4) is 0 Å². The van der Waals surface area contributed by atoms with E-state index in [1.165, 1.54) is 6.07 Å². The van der Waals surface area contributed by atoms with Crippen molar-refractivity contribution in [2.75, 3.05) is 0 Å². The molecule has 0 saturated heterocycles. The molecule has 3 rings (SSSR count). The molecule has 2 aromatic carbocycles. The highest BCUT2D eigenvalue weighted by Gasteiger charge is 2.20. The van der Waals surface area contributed by atoms with Gasteiger partial charge in [-0.1, -0.05) is 48.5 Å². The predicted octanol–water partition coefficient (Wildman–Crippen LogP) is 2.95. The molecular weight excluding hydrogens is 337 g/mol. The topological polar surface area (TPSA) is 95.3 Å². The summed E-state index contributed by atoms with van der Waals surface area (Å²) in [5.74, 6) is -2.07. The molecule has 0 unspecified atom stereocenters. The molecule has 1 amide bonds. The number of carbonyl (C=O) groups excluding carboxylic acids is 1. The summed E-state index contributed by atoms with van der Waals surface area (Å²) in [6.45, 7) is -0.432. The number of halogens is 1. The summed E-state index contributed by atoms with van der Waals surface area (Å²) in [4.78, 5) is 20.2. The van der Waals surface area contributed by atoms with E-state index < -0.39 is 24.2 Å². The summed E-state index contributed by atoms with van der Waals surface area (Å²) >= 11 is 0. The molecule has 0 bridgehead atoms. The minimum Gasteiger partial charge on any atom is -0.501 e. The van der Waals surface area contributed by atoms with Crippen LogP contribution in [0.2, 0.25) is 0 Å². The average molecular weight is 353 g/mol. The maximum absolute atomic E-state index is 12.8. The van der Waals surface area contributed by atoms with Crippen LogP contribution >= 0.6 is 0 Å². The van der Waals surface area contributed by atoms with E-state index in [-0.39, 0.29) is 18.1 Å². The molecule has 0 saturated carbocycles. The van der Waals surface area contributed by atoms with Crippen LogP contribution in [0.1, 0.15) is 21.6 Å². The summed E-state index contributed by atoms with van der Waals surface area (Å²) in [5.41, 5.74) is 1.35. The predicted molar refractivity (Wildman–Crippen MR) is 93.2 cm³/mol. The number of aromatic nitrogens is 2. The van der Waals surface area contributed by atoms with E-state index in [0.29, 0.717) is 11.1 Å². The van der Waals surface area contributed by atoms with Crippen LogP contribution in [-0.2, 0) is 13.2 Å². The summed E-state index contributed by atoms with van der Waals surface area (Å²) < 4.78 is 12.8. The minimum absolute atomic E-state index is 0.0143. The normalized spacial score (nSPS) is 10.5. The van der Waals surface area contributed by atoms with Gasteiger partial charge in [-0.2, -0.15) is 4.98 Å². The van der Waals surface area contributed by atoms with Gasteiger partial charge < -0.3 is 15.5 Å². The van der Waals surface area contributed by atoms with E-state index >= 15 is 0 Å². The lowest BCUT2D eigenvalue weighted by atomic mass is 10.1. The Morgan fingerprint density at radius 2 is 1.73 bits per heavy atom. The van der Waals surface area contributed by atoms with E-state index in [4.69, 9.17) is 0 Å². The second-order valence-corrected chi connectivity index (χ2v) is 5.57. The van der Waals surface area contributed by atoms with Crippen molar-refractivity contribution in [2.24, 2.45) is 0 Å². The van der Waals surface area contributed by atoms with Crippen LogP contribution in [0.5, 0.6) is 11.6 Å². The van der Waals surface area contributed by atoms with Crippen molar-refractivity contribution in [3.63, 3.8) is 0 Å². The van der Waals surface area contributed by atoms with Crippen molar-refractivity contribution >= 4 is 5.91 Å². The van der Waals surface area contributed by atoms with Crippen LogP contribution in [-0.4, -0.2) is 26.1 Å². The Labute approximate surface area is 149 Å². The Morgan fingerprint density at radius 3 is 2.46 bits per heavy atom. The molecule has 26 heavy (non-hydrogen) atoms.